The third kappa shape index (κ3) is 3.02. The Kier molecular flexibility index (Phi) is 4.23. The Morgan fingerprint density at radius 3 is 2.57 bits per heavy atom. The maximum absolute atomic E-state index is 14.0. The van der Waals surface area contributed by atoms with Crippen molar-refractivity contribution in [2.45, 2.75) is 17.7 Å². The fourth-order valence-corrected chi connectivity index (χ4v) is 3.85. The molecule has 0 spiro atoms. The van der Waals surface area contributed by atoms with Crippen LogP contribution < -0.4 is 4.31 Å². The molecule has 2 aromatic carbocycles. The zero-order valence-electron chi connectivity index (χ0n) is 12.0. The van der Waals surface area contributed by atoms with Crippen molar-refractivity contribution in [1.29, 1.82) is 0 Å². The summed E-state index contributed by atoms with van der Waals surface area (Å²) in [6.07, 6.45) is 1.26. The van der Waals surface area contributed by atoms with Gasteiger partial charge in [-0.05, 0) is 48.7 Å². The van der Waals surface area contributed by atoms with Gasteiger partial charge in [0.2, 0.25) is 0 Å². The number of anilines is 1. The monoisotopic (exact) mass is 337 g/mol. The van der Waals surface area contributed by atoms with Crippen LogP contribution in [0, 0.1) is 11.6 Å². The molecule has 0 aromatic heterocycles. The summed E-state index contributed by atoms with van der Waals surface area (Å²) in [5.74, 6) is -2.62. The summed E-state index contributed by atoms with van der Waals surface area (Å²) in [7, 11) is 0. The van der Waals surface area contributed by atoms with Crippen LogP contribution in [0.25, 0.3) is 0 Å². The van der Waals surface area contributed by atoms with Crippen LogP contribution in [0.2, 0.25) is 0 Å². The van der Waals surface area contributed by atoms with E-state index in [4.69, 9.17) is 5.11 Å². The molecule has 1 N–H and O–H groups in total. The summed E-state index contributed by atoms with van der Waals surface area (Å²) in [5.41, 5.74) is 0.671. The van der Waals surface area contributed by atoms with E-state index in [1.807, 2.05) is 0 Å². The molecular formula is C16H13F2NO3S. The lowest BCUT2D eigenvalue weighted by Gasteiger charge is -2.31. The first-order valence-corrected chi connectivity index (χ1v) is 8.09. The van der Waals surface area contributed by atoms with Crippen LogP contribution in [0.1, 0.15) is 22.3 Å². The van der Waals surface area contributed by atoms with Crippen molar-refractivity contribution >= 4 is 23.0 Å². The first kappa shape index (κ1) is 15.8. The number of carboxylic acid groups (broad SMARTS) is 1. The highest BCUT2D eigenvalue weighted by Gasteiger charge is 2.30. The maximum Gasteiger partial charge on any atom is 0.338 e. The smallest absolute Gasteiger partial charge is 0.338 e. The van der Waals surface area contributed by atoms with Crippen molar-refractivity contribution in [3.8, 4) is 0 Å². The Balaban J connectivity index is 1.99. The van der Waals surface area contributed by atoms with Crippen LogP contribution in [-0.2, 0) is 17.8 Å². The molecule has 0 saturated heterocycles. The third-order valence-electron chi connectivity index (χ3n) is 3.69. The second-order valence-electron chi connectivity index (χ2n) is 5.17. The predicted molar refractivity (Wildman–Crippen MR) is 81.8 cm³/mol. The standard InChI is InChI=1S/C16H13F2NO3S/c17-11-3-5-12(6-4-11)23(22)19-7-1-2-10-8-13(16(20)21)14(18)9-15(10)19/h3-6,8-9H,1-2,7H2,(H,20,21). The van der Waals surface area contributed by atoms with E-state index in [-0.39, 0.29) is 0 Å². The highest BCUT2D eigenvalue weighted by atomic mass is 32.2. The minimum atomic E-state index is -1.61. The number of carboxylic acids is 1. The number of hydrogen-bond acceptors (Lipinski definition) is 3. The van der Waals surface area contributed by atoms with Gasteiger partial charge >= 0.3 is 5.97 Å². The first-order chi connectivity index (χ1) is 11.0. The minimum absolute atomic E-state index is 0.391. The molecule has 0 bridgehead atoms. The van der Waals surface area contributed by atoms with Crippen molar-refractivity contribution in [3.05, 3.63) is 59.2 Å². The van der Waals surface area contributed by atoms with Crippen molar-refractivity contribution in [3.63, 3.8) is 0 Å². The molecular weight excluding hydrogens is 324 g/mol. The molecule has 0 amide bonds. The summed E-state index contributed by atoms with van der Waals surface area (Å²) >= 11 is -1.61. The van der Waals surface area contributed by atoms with Crippen LogP contribution >= 0.6 is 0 Å². The predicted octanol–water partition coefficient (Wildman–Crippen LogP) is 3.14. The van der Waals surface area contributed by atoms with Gasteiger partial charge in [-0.15, -0.1) is 0 Å². The van der Waals surface area contributed by atoms with E-state index in [1.165, 1.54) is 34.6 Å². The Labute approximate surface area is 134 Å². The fraction of sp³-hybridized carbons (Fsp3) is 0.188. The van der Waals surface area contributed by atoms with E-state index in [9.17, 15) is 18.1 Å². The highest BCUT2D eigenvalue weighted by Crippen LogP contribution is 2.34. The molecule has 3 rings (SSSR count). The second kappa shape index (κ2) is 6.17. The van der Waals surface area contributed by atoms with Gasteiger partial charge < -0.3 is 9.66 Å². The summed E-state index contributed by atoms with van der Waals surface area (Å²) in [5, 5.41) is 9.00. The quantitative estimate of drug-likeness (QED) is 0.874. The summed E-state index contributed by atoms with van der Waals surface area (Å²) < 4.78 is 41.1. The Morgan fingerprint density at radius 1 is 1.22 bits per heavy atom. The topological polar surface area (TPSA) is 63.6 Å². The van der Waals surface area contributed by atoms with Gasteiger partial charge in [-0.3, -0.25) is 0 Å². The molecule has 0 aliphatic carbocycles. The number of hydrogen-bond donors (Lipinski definition) is 1. The van der Waals surface area contributed by atoms with E-state index in [1.54, 1.807) is 0 Å². The number of benzene rings is 2. The molecule has 7 heteroatoms. The van der Waals surface area contributed by atoms with Crippen molar-refractivity contribution in [2.75, 3.05) is 10.8 Å². The lowest BCUT2D eigenvalue weighted by atomic mass is 10.0. The van der Waals surface area contributed by atoms with E-state index < -0.39 is 34.5 Å². The maximum atomic E-state index is 14.0. The average Bonchev–Trinajstić information content (AvgIpc) is 2.53. The molecule has 4 nitrogen and oxygen atoms in total. The normalized spacial score (nSPS) is 15.2. The summed E-state index contributed by atoms with van der Waals surface area (Å²) in [6.45, 7) is 0.447. The average molecular weight is 337 g/mol. The van der Waals surface area contributed by atoms with Crippen LogP contribution in [0.3, 0.4) is 0 Å². The molecule has 1 atom stereocenters. The van der Waals surface area contributed by atoms with E-state index >= 15 is 0 Å². The summed E-state index contributed by atoms with van der Waals surface area (Å²) in [4.78, 5) is 11.4. The number of halogens is 2. The van der Waals surface area contributed by atoms with Gasteiger partial charge in [-0.2, -0.15) is 4.31 Å². The second-order valence-corrected chi connectivity index (χ2v) is 6.59. The lowest BCUT2D eigenvalue weighted by Crippen LogP contribution is -2.35. The number of fused-ring (bicyclic) bond motifs is 1. The molecule has 120 valence electrons. The van der Waals surface area contributed by atoms with Gasteiger partial charge in [0.25, 0.3) is 0 Å². The molecule has 1 aliphatic heterocycles. The highest BCUT2D eigenvalue weighted by molar-refractivity contribution is 7.92. The van der Waals surface area contributed by atoms with Crippen molar-refractivity contribution < 1.29 is 23.2 Å². The number of nitrogens with zero attached hydrogens (tertiary/aromatic N) is 1. The lowest BCUT2D eigenvalue weighted by molar-refractivity contribution is 0.0692. The summed E-state index contributed by atoms with van der Waals surface area (Å²) in [6, 6.07) is 7.67. The number of rotatable bonds is 3. The van der Waals surface area contributed by atoms with Crippen LogP contribution in [0.15, 0.2) is 41.3 Å². The van der Waals surface area contributed by atoms with Crippen LogP contribution in [0.4, 0.5) is 14.5 Å². The Hall–Kier alpha value is -2.12. The molecule has 2 aromatic rings. The largest absolute Gasteiger partial charge is 0.588 e. The number of aryl methyl sites for hydroxylation is 1. The Morgan fingerprint density at radius 2 is 1.91 bits per heavy atom. The minimum Gasteiger partial charge on any atom is -0.588 e. The zero-order valence-corrected chi connectivity index (χ0v) is 12.8. The fourth-order valence-electron chi connectivity index (χ4n) is 2.59. The van der Waals surface area contributed by atoms with Crippen LogP contribution in [-0.4, -0.2) is 22.2 Å². The number of carbonyl (C=O) groups is 1. The molecule has 0 fully saturated rings. The SMILES string of the molecule is O=C(O)c1cc2c(cc1F)N([S+]([O-])c1ccc(F)cc1)CCC2. The molecule has 1 unspecified atom stereocenters. The van der Waals surface area contributed by atoms with E-state index in [0.717, 1.165) is 6.07 Å². The molecule has 1 aliphatic rings. The van der Waals surface area contributed by atoms with E-state index in [0.29, 0.717) is 35.5 Å². The first-order valence-electron chi connectivity index (χ1n) is 6.98. The number of aromatic carboxylic acids is 1. The molecule has 0 radical (unpaired) electrons. The van der Waals surface area contributed by atoms with Gasteiger partial charge in [0.1, 0.15) is 23.0 Å². The molecule has 1 heterocycles. The van der Waals surface area contributed by atoms with Gasteiger partial charge in [0.05, 0.1) is 17.8 Å². The zero-order chi connectivity index (χ0) is 16.6. The third-order valence-corrected chi connectivity index (χ3v) is 5.15. The van der Waals surface area contributed by atoms with Crippen LogP contribution in [0.5, 0.6) is 0 Å². The molecule has 23 heavy (non-hydrogen) atoms. The van der Waals surface area contributed by atoms with E-state index in [2.05, 4.69) is 0 Å². The van der Waals surface area contributed by atoms with Crippen molar-refractivity contribution in [2.24, 2.45) is 0 Å². The van der Waals surface area contributed by atoms with Gasteiger partial charge in [-0.25, -0.2) is 13.6 Å². The Bertz CT molecular complexity index is 752. The van der Waals surface area contributed by atoms with Gasteiger partial charge in [0, 0.05) is 6.07 Å². The van der Waals surface area contributed by atoms with Gasteiger partial charge in [-0.1, -0.05) is 0 Å². The van der Waals surface area contributed by atoms with Gasteiger partial charge in [0.15, 0.2) is 4.90 Å². The molecule has 0 saturated carbocycles. The van der Waals surface area contributed by atoms with Crippen molar-refractivity contribution in [1.82, 2.24) is 0 Å².